The molecule has 0 saturated heterocycles. The maximum absolute atomic E-state index is 10.2. The van der Waals surface area contributed by atoms with Gasteiger partial charge in [-0.1, -0.05) is 13.3 Å². The highest BCUT2D eigenvalue weighted by Crippen LogP contribution is 2.06. The molecule has 3 nitrogen and oxygen atoms in total. The van der Waals surface area contributed by atoms with Crippen LogP contribution in [-0.2, 0) is 9.53 Å². The second-order valence-electron chi connectivity index (χ2n) is 3.32. The number of carboxylic acid groups (broad SMARTS) is 1. The molecule has 0 saturated carbocycles. The molecule has 0 fully saturated rings. The van der Waals surface area contributed by atoms with E-state index in [1.165, 1.54) is 0 Å². The molecule has 78 valence electrons. The Labute approximate surface area is 80.1 Å². The van der Waals surface area contributed by atoms with Gasteiger partial charge in [0.15, 0.2) is 0 Å². The molecular formula is C10H20O3. The van der Waals surface area contributed by atoms with Crippen LogP contribution >= 0.6 is 0 Å². The molecule has 0 aromatic rings. The molecule has 0 radical (unpaired) electrons. The van der Waals surface area contributed by atoms with Gasteiger partial charge in [-0.3, -0.25) is 4.79 Å². The van der Waals surface area contributed by atoms with Crippen molar-refractivity contribution in [2.45, 2.75) is 52.1 Å². The fourth-order valence-corrected chi connectivity index (χ4v) is 1.11. The average molecular weight is 188 g/mol. The zero-order chi connectivity index (χ0) is 10.1. The van der Waals surface area contributed by atoms with Gasteiger partial charge < -0.3 is 9.84 Å². The molecule has 0 rings (SSSR count). The minimum absolute atomic E-state index is 0.272. The van der Waals surface area contributed by atoms with Crippen molar-refractivity contribution < 1.29 is 14.6 Å². The van der Waals surface area contributed by atoms with Crippen LogP contribution < -0.4 is 0 Å². The highest BCUT2D eigenvalue weighted by atomic mass is 16.5. The predicted molar refractivity (Wildman–Crippen MR) is 51.8 cm³/mol. The molecule has 0 aliphatic heterocycles. The highest BCUT2D eigenvalue weighted by molar-refractivity contribution is 5.66. The lowest BCUT2D eigenvalue weighted by Gasteiger charge is -2.11. The number of aliphatic carboxylic acids is 1. The standard InChI is InChI=1S/C10H20O3/c1-3-8-13-9(2)6-4-5-7-10(11)12/h9H,3-8H2,1-2H3,(H,11,12). The Morgan fingerprint density at radius 3 is 2.69 bits per heavy atom. The van der Waals surface area contributed by atoms with Crippen LogP contribution in [0.3, 0.4) is 0 Å². The van der Waals surface area contributed by atoms with Crippen molar-refractivity contribution >= 4 is 5.97 Å². The quantitative estimate of drug-likeness (QED) is 0.595. The molecule has 1 atom stereocenters. The molecule has 0 aliphatic carbocycles. The van der Waals surface area contributed by atoms with E-state index in [9.17, 15) is 4.79 Å². The van der Waals surface area contributed by atoms with Gasteiger partial charge >= 0.3 is 5.97 Å². The van der Waals surface area contributed by atoms with Crippen LogP contribution in [0.1, 0.15) is 46.0 Å². The summed E-state index contributed by atoms with van der Waals surface area (Å²) in [7, 11) is 0. The van der Waals surface area contributed by atoms with Crippen molar-refractivity contribution in [2.24, 2.45) is 0 Å². The van der Waals surface area contributed by atoms with Crippen LogP contribution in [0.2, 0.25) is 0 Å². The Kier molecular flexibility index (Phi) is 7.69. The smallest absolute Gasteiger partial charge is 0.303 e. The van der Waals surface area contributed by atoms with Crippen molar-refractivity contribution in [3.63, 3.8) is 0 Å². The number of unbranched alkanes of at least 4 members (excludes halogenated alkanes) is 1. The van der Waals surface area contributed by atoms with E-state index in [1.54, 1.807) is 0 Å². The second-order valence-corrected chi connectivity index (χ2v) is 3.32. The summed E-state index contributed by atoms with van der Waals surface area (Å²) in [6.07, 6.45) is 4.26. The largest absolute Gasteiger partial charge is 0.481 e. The minimum Gasteiger partial charge on any atom is -0.481 e. The zero-order valence-electron chi connectivity index (χ0n) is 8.58. The molecule has 0 heterocycles. The molecule has 1 unspecified atom stereocenters. The van der Waals surface area contributed by atoms with E-state index in [-0.39, 0.29) is 12.5 Å². The summed E-state index contributed by atoms with van der Waals surface area (Å²) in [5, 5.41) is 8.39. The zero-order valence-corrected chi connectivity index (χ0v) is 8.58. The Bertz CT molecular complexity index is 134. The lowest BCUT2D eigenvalue weighted by Crippen LogP contribution is -2.08. The molecular weight excluding hydrogens is 168 g/mol. The van der Waals surface area contributed by atoms with Gasteiger partial charge in [-0.05, 0) is 26.2 Å². The maximum atomic E-state index is 10.2. The van der Waals surface area contributed by atoms with E-state index >= 15 is 0 Å². The van der Waals surface area contributed by atoms with E-state index in [4.69, 9.17) is 9.84 Å². The summed E-state index contributed by atoms with van der Waals surface area (Å²) < 4.78 is 5.45. The number of carbonyl (C=O) groups is 1. The number of hydrogen-bond donors (Lipinski definition) is 1. The van der Waals surface area contributed by atoms with Crippen LogP contribution in [0, 0.1) is 0 Å². The van der Waals surface area contributed by atoms with Crippen molar-refractivity contribution in [1.82, 2.24) is 0 Å². The fourth-order valence-electron chi connectivity index (χ4n) is 1.11. The van der Waals surface area contributed by atoms with Crippen LogP contribution in [0.4, 0.5) is 0 Å². The SMILES string of the molecule is CCCOC(C)CCCCC(=O)O. The molecule has 0 aliphatic rings. The normalized spacial score (nSPS) is 12.8. The Morgan fingerprint density at radius 2 is 2.15 bits per heavy atom. The van der Waals surface area contributed by atoms with E-state index in [1.807, 2.05) is 6.92 Å². The van der Waals surface area contributed by atoms with Gasteiger partial charge in [-0.2, -0.15) is 0 Å². The van der Waals surface area contributed by atoms with Crippen molar-refractivity contribution in [3.05, 3.63) is 0 Å². The van der Waals surface area contributed by atoms with Gasteiger partial charge in [0.25, 0.3) is 0 Å². The van der Waals surface area contributed by atoms with E-state index in [0.717, 1.165) is 32.3 Å². The van der Waals surface area contributed by atoms with E-state index in [0.29, 0.717) is 0 Å². The number of hydrogen-bond acceptors (Lipinski definition) is 2. The molecule has 0 amide bonds. The number of ether oxygens (including phenoxy) is 1. The van der Waals surface area contributed by atoms with Crippen molar-refractivity contribution in [3.8, 4) is 0 Å². The van der Waals surface area contributed by atoms with E-state index < -0.39 is 5.97 Å². The average Bonchev–Trinajstić information content (AvgIpc) is 2.08. The molecule has 0 bridgehead atoms. The predicted octanol–water partition coefficient (Wildman–Crippen LogP) is 2.45. The second kappa shape index (κ2) is 8.05. The lowest BCUT2D eigenvalue weighted by molar-refractivity contribution is -0.137. The van der Waals surface area contributed by atoms with Gasteiger partial charge in [0, 0.05) is 13.0 Å². The highest BCUT2D eigenvalue weighted by Gasteiger charge is 2.02. The monoisotopic (exact) mass is 188 g/mol. The summed E-state index contributed by atoms with van der Waals surface area (Å²) in [5.41, 5.74) is 0. The Balaban J connectivity index is 3.16. The molecule has 0 aromatic heterocycles. The van der Waals surface area contributed by atoms with Gasteiger partial charge in [-0.25, -0.2) is 0 Å². The number of carboxylic acids is 1. The molecule has 13 heavy (non-hydrogen) atoms. The first-order valence-corrected chi connectivity index (χ1v) is 5.00. The number of rotatable bonds is 8. The van der Waals surface area contributed by atoms with Crippen LogP contribution in [0.5, 0.6) is 0 Å². The van der Waals surface area contributed by atoms with Crippen molar-refractivity contribution in [1.29, 1.82) is 0 Å². The van der Waals surface area contributed by atoms with Crippen molar-refractivity contribution in [2.75, 3.05) is 6.61 Å². The van der Waals surface area contributed by atoms with Crippen LogP contribution in [0.15, 0.2) is 0 Å². The summed E-state index contributed by atoms with van der Waals surface area (Å²) in [6.45, 7) is 4.92. The summed E-state index contributed by atoms with van der Waals surface area (Å²) in [4.78, 5) is 10.2. The summed E-state index contributed by atoms with van der Waals surface area (Å²) in [5.74, 6) is -0.706. The summed E-state index contributed by atoms with van der Waals surface area (Å²) >= 11 is 0. The van der Waals surface area contributed by atoms with Gasteiger partial charge in [0.2, 0.25) is 0 Å². The third-order valence-corrected chi connectivity index (χ3v) is 1.86. The van der Waals surface area contributed by atoms with Gasteiger partial charge in [-0.15, -0.1) is 0 Å². The summed E-state index contributed by atoms with van der Waals surface area (Å²) in [6, 6.07) is 0. The van der Waals surface area contributed by atoms with Gasteiger partial charge in [0.05, 0.1) is 6.10 Å². The molecule has 0 spiro atoms. The van der Waals surface area contributed by atoms with Crippen LogP contribution in [-0.4, -0.2) is 23.8 Å². The first-order chi connectivity index (χ1) is 6.16. The van der Waals surface area contributed by atoms with Crippen LogP contribution in [0.25, 0.3) is 0 Å². The first kappa shape index (κ1) is 12.4. The first-order valence-electron chi connectivity index (χ1n) is 5.00. The minimum atomic E-state index is -0.706. The molecule has 0 aromatic carbocycles. The molecule has 3 heteroatoms. The molecule has 1 N–H and O–H groups in total. The maximum Gasteiger partial charge on any atom is 0.303 e. The van der Waals surface area contributed by atoms with Gasteiger partial charge in [0.1, 0.15) is 0 Å². The van der Waals surface area contributed by atoms with E-state index in [2.05, 4.69) is 6.92 Å². The Hall–Kier alpha value is -0.570. The third kappa shape index (κ3) is 9.34. The lowest BCUT2D eigenvalue weighted by atomic mass is 10.1. The fraction of sp³-hybridized carbons (Fsp3) is 0.900. The Morgan fingerprint density at radius 1 is 1.46 bits per heavy atom. The third-order valence-electron chi connectivity index (χ3n) is 1.86. The topological polar surface area (TPSA) is 46.5 Å².